The summed E-state index contributed by atoms with van der Waals surface area (Å²) in [6, 6.07) is 3.81. The maximum Gasteiger partial charge on any atom is 0.0511 e. The summed E-state index contributed by atoms with van der Waals surface area (Å²) >= 11 is 10.1. The summed E-state index contributed by atoms with van der Waals surface area (Å²) < 4.78 is 2.83. The van der Waals surface area contributed by atoms with Crippen LogP contribution in [0.1, 0.15) is 5.56 Å². The van der Waals surface area contributed by atoms with E-state index >= 15 is 0 Å². The zero-order valence-corrected chi connectivity index (χ0v) is 11.1. The lowest BCUT2D eigenvalue weighted by Gasteiger charge is -2.02. The smallest absolute Gasteiger partial charge is 0.0511 e. The fourth-order valence-corrected chi connectivity index (χ4v) is 2.32. The molecule has 1 aromatic carbocycles. The van der Waals surface area contributed by atoms with Gasteiger partial charge < -0.3 is 0 Å². The highest BCUT2D eigenvalue weighted by Gasteiger charge is 2.03. The van der Waals surface area contributed by atoms with Crippen LogP contribution in [0.2, 0.25) is 0 Å². The van der Waals surface area contributed by atoms with Gasteiger partial charge in [-0.25, -0.2) is 0 Å². The SMILES string of the molecule is [N-]=[N+]=NCc1cc(Br)c(Br)c(Br)c1. The van der Waals surface area contributed by atoms with Gasteiger partial charge in [0.1, 0.15) is 0 Å². The Bertz CT molecular complexity index is 348. The van der Waals surface area contributed by atoms with Crippen molar-refractivity contribution in [1.82, 2.24) is 0 Å². The molecule has 0 saturated heterocycles. The zero-order chi connectivity index (χ0) is 9.84. The topological polar surface area (TPSA) is 48.8 Å². The normalized spacial score (nSPS) is 9.46. The molecular weight excluding hydrogens is 366 g/mol. The molecule has 0 saturated carbocycles. The predicted molar refractivity (Wildman–Crippen MR) is 62.4 cm³/mol. The third-order valence-corrected chi connectivity index (χ3v) is 4.53. The standard InChI is InChI=1S/C7H4Br3N3/c8-5-1-4(3-12-13-11)2-6(9)7(5)10/h1-2H,3H2. The summed E-state index contributed by atoms with van der Waals surface area (Å²) in [5, 5.41) is 3.48. The molecule has 3 nitrogen and oxygen atoms in total. The summed E-state index contributed by atoms with van der Waals surface area (Å²) in [6.45, 7) is 0.362. The second-order valence-electron chi connectivity index (χ2n) is 2.26. The average Bonchev–Trinajstić information content (AvgIpc) is 2.10. The van der Waals surface area contributed by atoms with E-state index in [9.17, 15) is 0 Å². The number of benzene rings is 1. The predicted octanol–water partition coefficient (Wildman–Crippen LogP) is 4.78. The molecule has 1 aromatic rings. The Hall–Kier alpha value is -0.0300. The number of hydrogen-bond donors (Lipinski definition) is 0. The second kappa shape index (κ2) is 5.00. The van der Waals surface area contributed by atoms with Crippen molar-refractivity contribution in [2.24, 2.45) is 5.11 Å². The Morgan fingerprint density at radius 3 is 2.23 bits per heavy atom. The highest BCUT2D eigenvalue weighted by molar-refractivity contribution is 9.14. The zero-order valence-electron chi connectivity index (χ0n) is 6.34. The van der Waals surface area contributed by atoms with Crippen LogP contribution in [0.15, 0.2) is 30.7 Å². The van der Waals surface area contributed by atoms with Crippen LogP contribution in [0.4, 0.5) is 0 Å². The molecule has 0 aliphatic rings. The van der Waals surface area contributed by atoms with Crippen LogP contribution in [-0.4, -0.2) is 0 Å². The van der Waals surface area contributed by atoms with Crippen LogP contribution in [0.3, 0.4) is 0 Å². The Labute approximate surface area is 101 Å². The molecule has 6 heteroatoms. The van der Waals surface area contributed by atoms with Gasteiger partial charge in [0.05, 0.1) is 6.54 Å². The van der Waals surface area contributed by atoms with Crippen molar-refractivity contribution >= 4 is 47.8 Å². The summed E-state index contributed by atoms with van der Waals surface area (Å²) in [5.41, 5.74) is 9.10. The molecule has 0 spiro atoms. The third kappa shape index (κ3) is 2.98. The molecule has 0 aromatic heterocycles. The molecular formula is C7H4Br3N3. The van der Waals surface area contributed by atoms with E-state index in [0.29, 0.717) is 6.54 Å². The third-order valence-electron chi connectivity index (χ3n) is 1.36. The first kappa shape index (κ1) is 11.0. The van der Waals surface area contributed by atoms with E-state index in [1.165, 1.54) is 0 Å². The molecule has 1 rings (SSSR count). The Balaban J connectivity index is 3.05. The maximum atomic E-state index is 8.15. The molecule has 0 heterocycles. The summed E-state index contributed by atoms with van der Waals surface area (Å²) in [7, 11) is 0. The van der Waals surface area contributed by atoms with Gasteiger partial charge in [-0.15, -0.1) is 0 Å². The van der Waals surface area contributed by atoms with E-state index in [1.807, 2.05) is 12.1 Å². The first-order valence-electron chi connectivity index (χ1n) is 3.29. The lowest BCUT2D eigenvalue weighted by molar-refractivity contribution is 1.04. The molecule has 68 valence electrons. The number of hydrogen-bond acceptors (Lipinski definition) is 1. The van der Waals surface area contributed by atoms with Gasteiger partial charge >= 0.3 is 0 Å². The Kier molecular flexibility index (Phi) is 4.25. The largest absolute Gasteiger partial charge is 0.0893 e. The molecule has 0 aliphatic heterocycles. The number of halogens is 3. The first-order valence-corrected chi connectivity index (χ1v) is 5.67. The molecule has 0 unspecified atom stereocenters. The van der Waals surface area contributed by atoms with Gasteiger partial charge in [-0.2, -0.15) is 0 Å². The van der Waals surface area contributed by atoms with Gasteiger partial charge in [0, 0.05) is 18.3 Å². The van der Waals surface area contributed by atoms with Crippen LogP contribution in [0.5, 0.6) is 0 Å². The van der Waals surface area contributed by atoms with Gasteiger partial charge in [0.15, 0.2) is 0 Å². The van der Waals surface area contributed by atoms with E-state index in [2.05, 4.69) is 57.8 Å². The van der Waals surface area contributed by atoms with Crippen molar-refractivity contribution in [2.45, 2.75) is 6.54 Å². The highest BCUT2D eigenvalue weighted by atomic mass is 79.9. The lowest BCUT2D eigenvalue weighted by atomic mass is 10.2. The van der Waals surface area contributed by atoms with Crippen molar-refractivity contribution in [2.75, 3.05) is 0 Å². The molecule has 0 amide bonds. The summed E-state index contributed by atoms with van der Waals surface area (Å²) in [6.07, 6.45) is 0. The fraction of sp³-hybridized carbons (Fsp3) is 0.143. The van der Waals surface area contributed by atoms with E-state index in [1.54, 1.807) is 0 Å². The number of azide groups is 1. The van der Waals surface area contributed by atoms with Crippen LogP contribution in [0, 0.1) is 0 Å². The van der Waals surface area contributed by atoms with E-state index in [-0.39, 0.29) is 0 Å². The minimum Gasteiger partial charge on any atom is -0.0893 e. The van der Waals surface area contributed by atoms with Crippen molar-refractivity contribution in [1.29, 1.82) is 0 Å². The van der Waals surface area contributed by atoms with Crippen LogP contribution in [-0.2, 0) is 6.54 Å². The van der Waals surface area contributed by atoms with E-state index in [0.717, 1.165) is 19.0 Å². The minimum atomic E-state index is 0.362. The van der Waals surface area contributed by atoms with E-state index < -0.39 is 0 Å². The maximum absolute atomic E-state index is 8.15. The van der Waals surface area contributed by atoms with Crippen molar-refractivity contribution in [3.8, 4) is 0 Å². The number of nitrogens with zero attached hydrogens (tertiary/aromatic N) is 3. The summed E-state index contributed by atoms with van der Waals surface area (Å²) in [4.78, 5) is 2.70. The second-order valence-corrected chi connectivity index (χ2v) is 4.76. The lowest BCUT2D eigenvalue weighted by Crippen LogP contribution is -1.82. The van der Waals surface area contributed by atoms with E-state index in [4.69, 9.17) is 5.53 Å². The molecule has 0 radical (unpaired) electrons. The fourth-order valence-electron chi connectivity index (χ4n) is 0.813. The molecule has 0 atom stereocenters. The van der Waals surface area contributed by atoms with Gasteiger partial charge in [0.25, 0.3) is 0 Å². The van der Waals surface area contributed by atoms with Crippen LogP contribution < -0.4 is 0 Å². The molecule has 0 aliphatic carbocycles. The molecule has 0 N–H and O–H groups in total. The van der Waals surface area contributed by atoms with Crippen molar-refractivity contribution in [3.63, 3.8) is 0 Å². The van der Waals surface area contributed by atoms with Gasteiger partial charge in [-0.3, -0.25) is 0 Å². The Morgan fingerprint density at radius 1 is 1.23 bits per heavy atom. The van der Waals surface area contributed by atoms with Crippen LogP contribution >= 0.6 is 47.8 Å². The molecule has 0 bridgehead atoms. The molecule has 13 heavy (non-hydrogen) atoms. The first-order chi connectivity index (χ1) is 6.15. The molecule has 0 fully saturated rings. The highest BCUT2D eigenvalue weighted by Crippen LogP contribution is 2.32. The van der Waals surface area contributed by atoms with Crippen LogP contribution in [0.25, 0.3) is 10.4 Å². The summed E-state index contributed by atoms with van der Waals surface area (Å²) in [5.74, 6) is 0. The average molecular weight is 370 g/mol. The van der Waals surface area contributed by atoms with Gasteiger partial charge in [0.2, 0.25) is 0 Å². The number of rotatable bonds is 2. The Morgan fingerprint density at radius 2 is 1.77 bits per heavy atom. The van der Waals surface area contributed by atoms with Gasteiger partial charge in [-0.05, 0) is 71.0 Å². The monoisotopic (exact) mass is 367 g/mol. The quantitative estimate of drug-likeness (QED) is 0.311. The minimum absolute atomic E-state index is 0.362. The van der Waals surface area contributed by atoms with Crippen molar-refractivity contribution in [3.05, 3.63) is 41.6 Å². The van der Waals surface area contributed by atoms with Gasteiger partial charge in [-0.1, -0.05) is 5.11 Å². The van der Waals surface area contributed by atoms with Crippen molar-refractivity contribution < 1.29 is 0 Å².